The van der Waals surface area contributed by atoms with Crippen molar-refractivity contribution >= 4 is 68.9 Å². The number of carbonyl (C=O) groups excluding carboxylic acids is 2. The number of phenols is 4. The number of carboxylic acids is 2. The molecule has 4 atom stereocenters. The number of phenolic OH excluding ortho intramolecular Hbond substituents is 4. The van der Waals surface area contributed by atoms with Gasteiger partial charge in [0.2, 0.25) is 11.8 Å². The van der Waals surface area contributed by atoms with Crippen molar-refractivity contribution in [3.8, 4) is 23.0 Å². The number of amides is 2. The van der Waals surface area contributed by atoms with Crippen molar-refractivity contribution in [3.63, 3.8) is 0 Å². The van der Waals surface area contributed by atoms with Gasteiger partial charge in [-0.05, 0) is 35.4 Å². The zero-order valence-corrected chi connectivity index (χ0v) is 25.1. The quantitative estimate of drug-likeness (QED) is 0.117. The van der Waals surface area contributed by atoms with Gasteiger partial charge in [0.25, 0.3) is 0 Å². The van der Waals surface area contributed by atoms with E-state index in [1.165, 1.54) is 91.3 Å². The van der Waals surface area contributed by atoms with E-state index in [9.17, 15) is 49.8 Å². The van der Waals surface area contributed by atoms with Crippen LogP contribution < -0.4 is 0 Å². The molecule has 2 aromatic rings. The van der Waals surface area contributed by atoms with Gasteiger partial charge in [0, 0.05) is 35.9 Å². The zero-order valence-electron chi connectivity index (χ0n) is 21.9. The zero-order chi connectivity index (χ0) is 30.6. The Labute approximate surface area is 256 Å². The number of carbonyl (C=O) groups is 4. The number of hydrogen-bond donors (Lipinski definition) is 6. The molecule has 2 saturated heterocycles. The van der Waals surface area contributed by atoms with Crippen molar-refractivity contribution in [1.82, 2.24) is 9.80 Å². The Balaban J connectivity index is 1.30. The Kier molecular flexibility index (Phi) is 10.6. The lowest BCUT2D eigenvalue weighted by atomic mass is 10.1. The highest BCUT2D eigenvalue weighted by Crippen LogP contribution is 2.45. The molecule has 0 bridgehead atoms. The second-order valence-corrected chi connectivity index (χ2v) is 14.3. The molecule has 0 aromatic heterocycles. The van der Waals surface area contributed by atoms with Crippen LogP contribution in [0.3, 0.4) is 0 Å². The van der Waals surface area contributed by atoms with Gasteiger partial charge in [0.1, 0.15) is 22.8 Å². The van der Waals surface area contributed by atoms with E-state index in [2.05, 4.69) is 0 Å². The molecule has 12 nitrogen and oxygen atoms in total. The van der Waals surface area contributed by atoms with Crippen LogP contribution in [-0.4, -0.2) is 99.3 Å². The van der Waals surface area contributed by atoms with Crippen molar-refractivity contribution in [1.29, 1.82) is 0 Å². The van der Waals surface area contributed by atoms with Crippen LogP contribution in [0.2, 0.25) is 0 Å². The van der Waals surface area contributed by atoms with Crippen LogP contribution in [0.5, 0.6) is 23.0 Å². The van der Waals surface area contributed by atoms with E-state index in [0.29, 0.717) is 22.6 Å². The van der Waals surface area contributed by atoms with Gasteiger partial charge < -0.3 is 40.4 Å². The molecule has 4 rings (SSSR count). The molecule has 2 unspecified atom stereocenters. The van der Waals surface area contributed by atoms with E-state index in [0.717, 1.165) is 0 Å². The summed E-state index contributed by atoms with van der Waals surface area (Å²) in [5, 5.41) is 57.0. The first-order valence-electron chi connectivity index (χ1n) is 12.6. The summed E-state index contributed by atoms with van der Waals surface area (Å²) in [5.74, 6) is -3.38. The molecule has 0 saturated carbocycles. The van der Waals surface area contributed by atoms with Crippen LogP contribution in [0, 0.1) is 0 Å². The number of hydrogen-bond acceptors (Lipinski definition) is 12. The molecule has 0 spiro atoms. The Morgan fingerprint density at radius 3 is 1.38 bits per heavy atom. The number of aromatic hydroxyl groups is 4. The molecule has 2 amide bonds. The standard InChI is InChI=1S/C26H28N2O10S4/c29-17-3-1-13(9-19(17)31)23-27(15(11-39-23)25(35)36)21(33)5-7-41-42-8-6-22(34)28-16(26(37)38)12-40-24(28)14-2-4-18(30)20(32)10-14/h1-4,9-10,15-16,23-24,29-32H,5-8,11-12H2,(H,35,36)(H,37,38)/t15-,16-,23?,24?/m0/s1. The highest BCUT2D eigenvalue weighted by atomic mass is 33.1. The van der Waals surface area contributed by atoms with Crippen LogP contribution in [0.15, 0.2) is 36.4 Å². The van der Waals surface area contributed by atoms with E-state index in [4.69, 9.17) is 0 Å². The summed E-state index contributed by atoms with van der Waals surface area (Å²) in [6.07, 6.45) is 0.0690. The average molecular weight is 657 g/mol. The molecule has 2 aliphatic heterocycles. The van der Waals surface area contributed by atoms with Gasteiger partial charge in [-0.3, -0.25) is 9.59 Å². The van der Waals surface area contributed by atoms with Crippen LogP contribution in [0.1, 0.15) is 34.7 Å². The highest BCUT2D eigenvalue weighted by Gasteiger charge is 2.43. The highest BCUT2D eigenvalue weighted by molar-refractivity contribution is 8.76. The van der Waals surface area contributed by atoms with Gasteiger partial charge >= 0.3 is 11.9 Å². The normalized spacial score (nSPS) is 21.9. The lowest BCUT2D eigenvalue weighted by Crippen LogP contribution is -2.43. The third-order valence-corrected chi connectivity index (χ3v) is 11.7. The minimum atomic E-state index is -1.14. The summed E-state index contributed by atoms with van der Waals surface area (Å²) in [6, 6.07) is 6.16. The summed E-state index contributed by atoms with van der Waals surface area (Å²) < 4.78 is 0. The predicted octanol–water partition coefficient (Wildman–Crippen LogP) is 3.43. The summed E-state index contributed by atoms with van der Waals surface area (Å²) >= 11 is 2.51. The maximum atomic E-state index is 13.1. The van der Waals surface area contributed by atoms with Gasteiger partial charge in [-0.15, -0.1) is 23.5 Å². The maximum Gasteiger partial charge on any atom is 0.327 e. The van der Waals surface area contributed by atoms with Crippen LogP contribution >= 0.6 is 45.1 Å². The Morgan fingerprint density at radius 2 is 1.05 bits per heavy atom. The number of thioether (sulfide) groups is 2. The van der Waals surface area contributed by atoms with Gasteiger partial charge in [0.15, 0.2) is 23.0 Å². The number of carboxylic acid groups (broad SMARTS) is 2. The van der Waals surface area contributed by atoms with Crippen LogP contribution in [0.25, 0.3) is 0 Å². The molecule has 0 radical (unpaired) electrons. The fraction of sp³-hybridized carbons (Fsp3) is 0.385. The van der Waals surface area contributed by atoms with E-state index < -0.39 is 34.8 Å². The molecule has 2 heterocycles. The summed E-state index contributed by atoms with van der Waals surface area (Å²) in [5.41, 5.74) is 0.988. The van der Waals surface area contributed by atoms with E-state index >= 15 is 0 Å². The predicted molar refractivity (Wildman–Crippen MR) is 161 cm³/mol. The smallest absolute Gasteiger partial charge is 0.327 e. The SMILES string of the molecule is O=C(O)[C@@H]1CSC(c2ccc(O)c(O)c2)N1C(=O)CCSSCCC(=O)N1C(c2ccc(O)c(O)c2)SC[C@H]1C(=O)O. The summed E-state index contributed by atoms with van der Waals surface area (Å²) in [4.78, 5) is 52.4. The van der Waals surface area contributed by atoms with Crippen LogP contribution in [0.4, 0.5) is 0 Å². The van der Waals surface area contributed by atoms with Gasteiger partial charge in [-0.1, -0.05) is 33.7 Å². The molecule has 2 aliphatic rings. The Morgan fingerprint density at radius 1 is 0.667 bits per heavy atom. The lowest BCUT2D eigenvalue weighted by Gasteiger charge is -2.28. The molecule has 16 heteroatoms. The molecule has 42 heavy (non-hydrogen) atoms. The monoisotopic (exact) mass is 656 g/mol. The first-order valence-corrected chi connectivity index (χ1v) is 17.2. The largest absolute Gasteiger partial charge is 0.504 e. The van der Waals surface area contributed by atoms with Crippen molar-refractivity contribution in [2.75, 3.05) is 23.0 Å². The molecular formula is C26H28N2O10S4. The molecule has 0 aliphatic carbocycles. The first kappa shape index (κ1) is 31.8. The number of aliphatic carboxylic acids is 2. The van der Waals surface area contributed by atoms with Gasteiger partial charge in [-0.25, -0.2) is 9.59 Å². The molecule has 6 N–H and O–H groups in total. The summed E-state index contributed by atoms with van der Waals surface area (Å²) in [7, 11) is 2.67. The topological polar surface area (TPSA) is 196 Å². The average Bonchev–Trinajstić information content (AvgIpc) is 3.59. The number of rotatable bonds is 11. The second-order valence-electron chi connectivity index (χ2n) is 9.32. The molecule has 2 fully saturated rings. The third-order valence-electron chi connectivity index (χ3n) is 6.60. The van der Waals surface area contributed by atoms with Crippen molar-refractivity contribution in [2.24, 2.45) is 0 Å². The van der Waals surface area contributed by atoms with E-state index in [1.807, 2.05) is 0 Å². The first-order chi connectivity index (χ1) is 20.0. The second kappa shape index (κ2) is 13.9. The summed E-state index contributed by atoms with van der Waals surface area (Å²) in [6.45, 7) is 0. The van der Waals surface area contributed by atoms with Crippen molar-refractivity contribution < 1.29 is 49.8 Å². The van der Waals surface area contributed by atoms with Crippen LogP contribution in [-0.2, 0) is 19.2 Å². The Bertz CT molecular complexity index is 1260. The number of benzene rings is 2. The maximum absolute atomic E-state index is 13.1. The lowest BCUT2D eigenvalue weighted by molar-refractivity contribution is -0.149. The molecule has 226 valence electrons. The fourth-order valence-electron chi connectivity index (χ4n) is 4.54. The minimum absolute atomic E-state index is 0.0345. The van der Waals surface area contributed by atoms with Crippen molar-refractivity contribution in [2.45, 2.75) is 35.7 Å². The van der Waals surface area contributed by atoms with E-state index in [1.54, 1.807) is 0 Å². The molecular weight excluding hydrogens is 629 g/mol. The van der Waals surface area contributed by atoms with Gasteiger partial charge in [0.05, 0.1) is 0 Å². The van der Waals surface area contributed by atoms with Crippen molar-refractivity contribution in [3.05, 3.63) is 47.5 Å². The van der Waals surface area contributed by atoms with Gasteiger partial charge in [-0.2, -0.15) is 0 Å². The fourth-order valence-corrected chi connectivity index (χ4v) is 9.36. The number of nitrogens with zero attached hydrogens (tertiary/aromatic N) is 2. The van der Waals surface area contributed by atoms with E-state index in [-0.39, 0.29) is 59.2 Å². The molecule has 2 aromatic carbocycles. The minimum Gasteiger partial charge on any atom is -0.504 e. The third kappa shape index (κ3) is 7.10. The Hall–Kier alpha value is -3.08.